The van der Waals surface area contributed by atoms with Crippen LogP contribution in [0.1, 0.15) is 0 Å². The summed E-state index contributed by atoms with van der Waals surface area (Å²) in [6.45, 7) is 0.221. The van der Waals surface area contributed by atoms with Gasteiger partial charge in [0.15, 0.2) is 0 Å². The number of aliphatic hydroxyl groups excluding tert-OH is 3. The minimum Gasteiger partial charge on any atom is -0.388 e. The van der Waals surface area contributed by atoms with Crippen molar-refractivity contribution in [1.29, 1.82) is 0 Å². The van der Waals surface area contributed by atoms with Crippen LogP contribution in [0.3, 0.4) is 0 Å². The Labute approximate surface area is 92.5 Å². The van der Waals surface area contributed by atoms with Crippen LogP contribution in [-0.4, -0.2) is 72.6 Å². The van der Waals surface area contributed by atoms with Crippen LogP contribution >= 0.6 is 0 Å². The summed E-state index contributed by atoms with van der Waals surface area (Å²) in [5.41, 5.74) is 0. The molecule has 2 saturated heterocycles. The Morgan fingerprint density at radius 1 is 0.875 bits per heavy atom. The van der Waals surface area contributed by atoms with Gasteiger partial charge >= 0.3 is 0 Å². The van der Waals surface area contributed by atoms with Crippen molar-refractivity contribution >= 4 is 0 Å². The normalized spacial score (nSPS) is 42.9. The molecule has 3 N–H and O–H groups in total. The van der Waals surface area contributed by atoms with E-state index < -0.39 is 30.5 Å². The van der Waals surface area contributed by atoms with E-state index in [2.05, 4.69) is 0 Å². The van der Waals surface area contributed by atoms with Crippen molar-refractivity contribution in [3.63, 3.8) is 0 Å². The predicted molar refractivity (Wildman–Crippen MR) is 49.4 cm³/mol. The second-order valence-electron chi connectivity index (χ2n) is 3.87. The summed E-state index contributed by atoms with van der Waals surface area (Å²) in [6, 6.07) is 0. The molecular formula is C9H16O7. The lowest BCUT2D eigenvalue weighted by molar-refractivity contribution is -0.269. The number of rotatable bonds is 2. The third-order valence-electron chi connectivity index (χ3n) is 2.70. The minimum atomic E-state index is -1.11. The lowest BCUT2D eigenvalue weighted by Crippen LogP contribution is -2.56. The molecule has 0 spiro atoms. The zero-order chi connectivity index (χ0) is 11.5. The third-order valence-corrected chi connectivity index (χ3v) is 2.70. The molecule has 94 valence electrons. The van der Waals surface area contributed by atoms with Crippen LogP contribution in [0.5, 0.6) is 0 Å². The molecule has 7 nitrogen and oxygen atoms in total. The third kappa shape index (κ3) is 2.51. The second-order valence-corrected chi connectivity index (χ2v) is 3.87. The molecule has 0 aromatic heterocycles. The molecule has 0 amide bonds. The topological polar surface area (TPSA) is 97.6 Å². The lowest BCUT2D eigenvalue weighted by Gasteiger charge is -2.38. The zero-order valence-electron chi connectivity index (χ0n) is 8.69. The van der Waals surface area contributed by atoms with Crippen molar-refractivity contribution in [3.05, 3.63) is 0 Å². The first-order chi connectivity index (χ1) is 7.70. The number of hydrogen-bond acceptors (Lipinski definition) is 7. The van der Waals surface area contributed by atoms with Gasteiger partial charge < -0.3 is 34.3 Å². The van der Waals surface area contributed by atoms with Crippen molar-refractivity contribution in [3.8, 4) is 0 Å². The molecule has 2 heterocycles. The molecule has 0 aromatic carbocycles. The summed E-state index contributed by atoms with van der Waals surface area (Å²) in [7, 11) is 0. The molecule has 2 fully saturated rings. The average Bonchev–Trinajstić information content (AvgIpc) is 2.29. The van der Waals surface area contributed by atoms with E-state index in [0.717, 1.165) is 0 Å². The quantitative estimate of drug-likeness (QED) is 0.501. The molecule has 16 heavy (non-hydrogen) atoms. The first-order valence-corrected chi connectivity index (χ1v) is 5.13. The van der Waals surface area contributed by atoms with Gasteiger partial charge in [-0.2, -0.15) is 0 Å². The molecule has 0 bridgehead atoms. The van der Waals surface area contributed by atoms with Gasteiger partial charge in [0.2, 0.25) is 0 Å². The largest absolute Gasteiger partial charge is 0.388 e. The fourth-order valence-electron chi connectivity index (χ4n) is 1.84. The van der Waals surface area contributed by atoms with Gasteiger partial charge in [-0.25, -0.2) is 0 Å². The summed E-state index contributed by atoms with van der Waals surface area (Å²) >= 11 is 0. The molecule has 0 saturated carbocycles. The Morgan fingerprint density at radius 3 is 1.69 bits per heavy atom. The predicted octanol–water partition coefficient (Wildman–Crippen LogP) is -2.19. The fraction of sp³-hybridized carbons (Fsp3) is 1.00. The van der Waals surface area contributed by atoms with Crippen molar-refractivity contribution in [2.24, 2.45) is 0 Å². The van der Waals surface area contributed by atoms with Crippen LogP contribution in [0.25, 0.3) is 0 Å². The molecule has 1 unspecified atom stereocenters. The molecule has 7 heteroatoms. The Kier molecular flexibility index (Phi) is 4.09. The second kappa shape index (κ2) is 5.37. The summed E-state index contributed by atoms with van der Waals surface area (Å²) in [5, 5.41) is 29.1. The molecule has 5 atom stereocenters. The smallest absolute Gasteiger partial charge is 0.147 e. The van der Waals surface area contributed by atoms with E-state index in [1.165, 1.54) is 0 Å². The van der Waals surface area contributed by atoms with Crippen molar-refractivity contribution in [2.45, 2.75) is 30.5 Å². The molecule has 2 aliphatic heterocycles. The Bertz CT molecular complexity index is 202. The van der Waals surface area contributed by atoms with Crippen molar-refractivity contribution in [2.75, 3.05) is 26.8 Å². The number of aliphatic hydroxyl groups is 3. The van der Waals surface area contributed by atoms with Crippen molar-refractivity contribution < 1.29 is 34.3 Å². The van der Waals surface area contributed by atoms with Gasteiger partial charge in [-0.05, 0) is 0 Å². The maximum atomic E-state index is 9.96. The van der Waals surface area contributed by atoms with E-state index in [9.17, 15) is 15.3 Å². The van der Waals surface area contributed by atoms with E-state index in [4.69, 9.17) is 18.9 Å². The van der Waals surface area contributed by atoms with Gasteiger partial charge in [-0.3, -0.25) is 0 Å². The summed E-state index contributed by atoms with van der Waals surface area (Å²) in [5.74, 6) is 0. The Balaban J connectivity index is 1.96. The van der Waals surface area contributed by atoms with Crippen LogP contribution in [0, 0.1) is 0 Å². The van der Waals surface area contributed by atoms with Gasteiger partial charge in [-0.15, -0.1) is 0 Å². The van der Waals surface area contributed by atoms with E-state index in [-0.39, 0.29) is 26.8 Å². The van der Waals surface area contributed by atoms with Crippen LogP contribution in [0.4, 0.5) is 0 Å². The molecule has 0 aromatic rings. The van der Waals surface area contributed by atoms with Gasteiger partial charge in [0, 0.05) is 0 Å². The lowest BCUT2D eigenvalue weighted by atomic mass is 9.98. The first kappa shape index (κ1) is 12.2. The Morgan fingerprint density at radius 2 is 1.31 bits per heavy atom. The van der Waals surface area contributed by atoms with E-state index in [1.807, 2.05) is 0 Å². The number of hydrogen-bond donors (Lipinski definition) is 3. The minimum absolute atomic E-state index is 0.0120. The standard InChI is InChI=1S/C9H16O7/c10-5-1-13-3-15-8(5)7(12)9-6(11)2-14-4-16-9/h5-12H,1-4H2/t5-,6-,7?,8-,9+/m1/s1. The van der Waals surface area contributed by atoms with E-state index >= 15 is 0 Å². The van der Waals surface area contributed by atoms with Gasteiger partial charge in [0.25, 0.3) is 0 Å². The van der Waals surface area contributed by atoms with Crippen LogP contribution in [0.2, 0.25) is 0 Å². The molecule has 2 rings (SSSR count). The average molecular weight is 236 g/mol. The summed E-state index contributed by atoms with van der Waals surface area (Å²) in [6.07, 6.45) is -4.60. The van der Waals surface area contributed by atoms with Crippen LogP contribution in [0.15, 0.2) is 0 Å². The highest BCUT2D eigenvalue weighted by molar-refractivity contribution is 4.88. The fourth-order valence-corrected chi connectivity index (χ4v) is 1.84. The van der Waals surface area contributed by atoms with E-state index in [1.54, 1.807) is 0 Å². The highest BCUT2D eigenvalue weighted by atomic mass is 16.7. The monoisotopic (exact) mass is 236 g/mol. The van der Waals surface area contributed by atoms with E-state index in [0.29, 0.717) is 0 Å². The zero-order valence-corrected chi connectivity index (χ0v) is 8.69. The molecular weight excluding hydrogens is 220 g/mol. The summed E-state index contributed by atoms with van der Waals surface area (Å²) < 4.78 is 19.9. The van der Waals surface area contributed by atoms with Gasteiger partial charge in [0.05, 0.1) is 13.2 Å². The molecule has 2 aliphatic rings. The van der Waals surface area contributed by atoms with Crippen LogP contribution in [-0.2, 0) is 18.9 Å². The van der Waals surface area contributed by atoms with Gasteiger partial charge in [-0.1, -0.05) is 0 Å². The Hall–Kier alpha value is -0.280. The highest BCUT2D eigenvalue weighted by Gasteiger charge is 2.41. The van der Waals surface area contributed by atoms with Crippen LogP contribution < -0.4 is 0 Å². The van der Waals surface area contributed by atoms with Crippen molar-refractivity contribution in [1.82, 2.24) is 0 Å². The maximum Gasteiger partial charge on any atom is 0.147 e. The SMILES string of the molecule is OC([C@H]1OCOC[C@H]1O)[C@@H]1OCOC[C@H]1O. The first-order valence-electron chi connectivity index (χ1n) is 5.13. The maximum absolute atomic E-state index is 9.96. The van der Waals surface area contributed by atoms with Gasteiger partial charge in [0.1, 0.15) is 44.1 Å². The summed E-state index contributed by atoms with van der Waals surface area (Å²) in [4.78, 5) is 0. The molecule has 0 radical (unpaired) electrons. The number of ether oxygens (including phenoxy) is 4. The highest BCUT2D eigenvalue weighted by Crippen LogP contribution is 2.20. The molecule has 0 aliphatic carbocycles.